The van der Waals surface area contributed by atoms with Gasteiger partial charge in [-0.25, -0.2) is 0 Å². The average molecular weight is 275 g/mol. The van der Waals surface area contributed by atoms with Crippen LogP contribution in [-0.4, -0.2) is 23.9 Å². The van der Waals surface area contributed by atoms with Crippen LogP contribution < -0.4 is 10.1 Å². The van der Waals surface area contributed by atoms with E-state index in [-0.39, 0.29) is 6.04 Å². The number of aromatic nitrogens is 2. The fraction of sp³-hybridized carbons (Fsp3) is 0.467. The maximum absolute atomic E-state index is 5.80. The van der Waals surface area contributed by atoms with E-state index in [1.54, 1.807) is 7.11 Å². The SMILES string of the molecule is CCCNC(CC)c1nnc(-c2ccccc2OC)o1. The Morgan fingerprint density at radius 3 is 2.75 bits per heavy atom. The highest BCUT2D eigenvalue weighted by Gasteiger charge is 2.18. The third kappa shape index (κ3) is 3.17. The number of hydrogen-bond acceptors (Lipinski definition) is 5. The van der Waals surface area contributed by atoms with Gasteiger partial charge in [0.25, 0.3) is 5.89 Å². The highest BCUT2D eigenvalue weighted by Crippen LogP contribution is 2.29. The molecule has 1 aromatic carbocycles. The summed E-state index contributed by atoms with van der Waals surface area (Å²) in [6.45, 7) is 5.17. The predicted molar refractivity (Wildman–Crippen MR) is 77.6 cm³/mol. The number of hydrogen-bond donors (Lipinski definition) is 1. The molecule has 0 aliphatic heterocycles. The molecule has 1 atom stereocenters. The van der Waals surface area contributed by atoms with Crippen LogP contribution in [-0.2, 0) is 0 Å². The molecule has 20 heavy (non-hydrogen) atoms. The maximum Gasteiger partial charge on any atom is 0.251 e. The highest BCUT2D eigenvalue weighted by molar-refractivity contribution is 5.62. The van der Waals surface area contributed by atoms with Crippen molar-refractivity contribution in [1.82, 2.24) is 15.5 Å². The molecule has 1 aromatic heterocycles. The van der Waals surface area contributed by atoms with Gasteiger partial charge >= 0.3 is 0 Å². The Labute approximate surface area is 119 Å². The molecular weight excluding hydrogens is 254 g/mol. The first kappa shape index (κ1) is 14.5. The van der Waals surface area contributed by atoms with Crippen LogP contribution in [0.25, 0.3) is 11.5 Å². The van der Waals surface area contributed by atoms with Crippen molar-refractivity contribution in [1.29, 1.82) is 0 Å². The van der Waals surface area contributed by atoms with Crippen LogP contribution in [0, 0.1) is 0 Å². The van der Waals surface area contributed by atoms with Crippen LogP contribution in [0.2, 0.25) is 0 Å². The lowest BCUT2D eigenvalue weighted by Gasteiger charge is -2.11. The fourth-order valence-corrected chi connectivity index (χ4v) is 2.03. The Morgan fingerprint density at radius 2 is 2.05 bits per heavy atom. The minimum absolute atomic E-state index is 0.103. The molecule has 1 heterocycles. The number of rotatable bonds is 7. The van der Waals surface area contributed by atoms with Crippen molar-refractivity contribution >= 4 is 0 Å². The molecule has 0 aliphatic carbocycles. The van der Waals surface area contributed by atoms with Crippen LogP contribution in [0.15, 0.2) is 28.7 Å². The quantitative estimate of drug-likeness (QED) is 0.840. The summed E-state index contributed by atoms with van der Waals surface area (Å²) in [5.41, 5.74) is 0.819. The van der Waals surface area contributed by atoms with Crippen LogP contribution in [0.3, 0.4) is 0 Å². The molecule has 0 amide bonds. The summed E-state index contributed by atoms with van der Waals surface area (Å²) in [7, 11) is 1.63. The zero-order valence-electron chi connectivity index (χ0n) is 12.2. The van der Waals surface area contributed by atoms with Crippen molar-refractivity contribution < 1.29 is 9.15 Å². The summed E-state index contributed by atoms with van der Waals surface area (Å²) >= 11 is 0. The molecule has 0 spiro atoms. The summed E-state index contributed by atoms with van der Waals surface area (Å²) in [4.78, 5) is 0. The van der Waals surface area contributed by atoms with Gasteiger partial charge in [0.2, 0.25) is 5.89 Å². The molecule has 0 saturated heterocycles. The largest absolute Gasteiger partial charge is 0.496 e. The topological polar surface area (TPSA) is 60.2 Å². The molecule has 5 nitrogen and oxygen atoms in total. The van der Waals surface area contributed by atoms with Gasteiger partial charge in [-0.3, -0.25) is 0 Å². The first-order valence-corrected chi connectivity index (χ1v) is 7.00. The predicted octanol–water partition coefficient (Wildman–Crippen LogP) is 3.20. The van der Waals surface area contributed by atoms with E-state index >= 15 is 0 Å². The number of nitrogens with one attached hydrogen (secondary N) is 1. The van der Waals surface area contributed by atoms with Gasteiger partial charge in [0.15, 0.2) is 0 Å². The van der Waals surface area contributed by atoms with Gasteiger partial charge in [-0.2, -0.15) is 0 Å². The molecule has 1 unspecified atom stereocenters. The average Bonchev–Trinajstić information content (AvgIpc) is 2.97. The zero-order chi connectivity index (χ0) is 14.4. The van der Waals surface area contributed by atoms with Crippen LogP contribution in [0.1, 0.15) is 38.6 Å². The number of benzene rings is 1. The standard InChI is InChI=1S/C15H21N3O2/c1-4-10-16-12(5-2)15-18-17-14(20-15)11-8-6-7-9-13(11)19-3/h6-9,12,16H,4-5,10H2,1-3H3. The summed E-state index contributed by atoms with van der Waals surface area (Å²) < 4.78 is 11.1. The minimum Gasteiger partial charge on any atom is -0.496 e. The molecule has 2 rings (SSSR count). The van der Waals surface area contributed by atoms with Crippen molar-refractivity contribution in [3.63, 3.8) is 0 Å². The van der Waals surface area contributed by atoms with Gasteiger partial charge in [-0.15, -0.1) is 10.2 Å². The molecule has 5 heteroatoms. The van der Waals surface area contributed by atoms with Crippen molar-refractivity contribution in [3.05, 3.63) is 30.2 Å². The molecule has 0 bridgehead atoms. The van der Waals surface area contributed by atoms with E-state index in [4.69, 9.17) is 9.15 Å². The Balaban J connectivity index is 2.23. The van der Waals surface area contributed by atoms with Gasteiger partial charge in [0, 0.05) is 0 Å². The van der Waals surface area contributed by atoms with Gasteiger partial charge in [0.05, 0.1) is 18.7 Å². The number of ether oxygens (including phenoxy) is 1. The van der Waals surface area contributed by atoms with Crippen molar-refractivity contribution in [2.45, 2.75) is 32.7 Å². The van der Waals surface area contributed by atoms with E-state index < -0.39 is 0 Å². The van der Waals surface area contributed by atoms with E-state index in [2.05, 4.69) is 29.4 Å². The zero-order valence-corrected chi connectivity index (χ0v) is 12.2. The Hall–Kier alpha value is -1.88. The van der Waals surface area contributed by atoms with Crippen molar-refractivity contribution in [2.24, 2.45) is 0 Å². The smallest absolute Gasteiger partial charge is 0.251 e. The molecule has 0 saturated carbocycles. The van der Waals surface area contributed by atoms with E-state index in [0.717, 1.165) is 30.7 Å². The highest BCUT2D eigenvalue weighted by atomic mass is 16.5. The molecule has 108 valence electrons. The third-order valence-corrected chi connectivity index (χ3v) is 3.13. The molecule has 0 radical (unpaired) electrons. The second-order valence-electron chi connectivity index (χ2n) is 4.56. The van der Waals surface area contributed by atoms with Gasteiger partial charge in [-0.1, -0.05) is 26.0 Å². The van der Waals surface area contributed by atoms with E-state index in [9.17, 15) is 0 Å². The maximum atomic E-state index is 5.80. The van der Waals surface area contributed by atoms with Crippen LogP contribution in [0.4, 0.5) is 0 Å². The van der Waals surface area contributed by atoms with Gasteiger partial charge in [0.1, 0.15) is 5.75 Å². The monoisotopic (exact) mass is 275 g/mol. The van der Waals surface area contributed by atoms with E-state index in [1.807, 2.05) is 24.3 Å². The Bertz CT molecular complexity index is 539. The number of nitrogens with zero attached hydrogens (tertiary/aromatic N) is 2. The van der Waals surface area contributed by atoms with Crippen molar-refractivity contribution in [3.8, 4) is 17.2 Å². The summed E-state index contributed by atoms with van der Waals surface area (Å²) in [5, 5.41) is 11.7. The summed E-state index contributed by atoms with van der Waals surface area (Å²) in [6.07, 6.45) is 1.98. The molecule has 0 fully saturated rings. The van der Waals surface area contributed by atoms with Crippen LogP contribution in [0.5, 0.6) is 5.75 Å². The summed E-state index contributed by atoms with van der Waals surface area (Å²) in [5.74, 6) is 1.85. The van der Waals surface area contributed by atoms with Crippen LogP contribution >= 0.6 is 0 Å². The van der Waals surface area contributed by atoms with Crippen molar-refractivity contribution in [2.75, 3.05) is 13.7 Å². The lowest BCUT2D eigenvalue weighted by Crippen LogP contribution is -2.21. The van der Waals surface area contributed by atoms with Gasteiger partial charge in [-0.05, 0) is 31.5 Å². The first-order chi connectivity index (χ1) is 9.80. The normalized spacial score (nSPS) is 12.3. The third-order valence-electron chi connectivity index (χ3n) is 3.13. The molecular formula is C15H21N3O2. The fourth-order valence-electron chi connectivity index (χ4n) is 2.03. The van der Waals surface area contributed by atoms with E-state index in [0.29, 0.717) is 11.8 Å². The Kier molecular flexibility index (Phi) is 5.12. The minimum atomic E-state index is 0.103. The second-order valence-corrected chi connectivity index (χ2v) is 4.56. The molecule has 1 N–H and O–H groups in total. The summed E-state index contributed by atoms with van der Waals surface area (Å²) in [6, 6.07) is 7.74. The lowest BCUT2D eigenvalue weighted by atomic mass is 10.2. The first-order valence-electron chi connectivity index (χ1n) is 7.00. The molecule has 2 aromatic rings. The number of methoxy groups -OCH3 is 1. The number of para-hydroxylation sites is 1. The molecule has 0 aliphatic rings. The lowest BCUT2D eigenvalue weighted by molar-refractivity contribution is 0.391. The van der Waals surface area contributed by atoms with E-state index in [1.165, 1.54) is 0 Å². The Morgan fingerprint density at radius 1 is 1.25 bits per heavy atom. The van der Waals surface area contributed by atoms with Gasteiger partial charge < -0.3 is 14.5 Å². The second kappa shape index (κ2) is 7.05.